The number of amides is 1. The summed E-state index contributed by atoms with van der Waals surface area (Å²) >= 11 is 0. The molecular weight excluding hydrogens is 397 g/mol. The number of hydrogen-bond donors (Lipinski definition) is 2. The molecule has 0 aliphatic rings. The SMILES string of the molecule is COc1cc(F)cc(CN=C(NCCCN(C)c2ccccc2)NCC(=O)N(C)C)c1. The van der Waals surface area contributed by atoms with E-state index in [1.807, 2.05) is 18.2 Å². The van der Waals surface area contributed by atoms with Crippen LogP contribution in [-0.4, -0.2) is 64.7 Å². The largest absolute Gasteiger partial charge is 0.497 e. The van der Waals surface area contributed by atoms with E-state index in [4.69, 9.17) is 4.74 Å². The standard InChI is InChI=1S/C23H32FN5O2/c1-28(2)22(30)17-27-23(26-16-18-13-19(24)15-21(14-18)31-4)25-11-8-12-29(3)20-9-6-5-7-10-20/h5-7,9-10,13-15H,8,11-12,16-17H2,1-4H3,(H2,25,26,27). The number of rotatable bonds is 10. The first-order valence-corrected chi connectivity index (χ1v) is 10.2. The summed E-state index contributed by atoms with van der Waals surface area (Å²) in [4.78, 5) is 20.1. The van der Waals surface area contributed by atoms with Crippen molar-refractivity contribution in [1.82, 2.24) is 15.5 Å². The van der Waals surface area contributed by atoms with Crippen LogP contribution >= 0.6 is 0 Å². The molecule has 1 amide bonds. The lowest BCUT2D eigenvalue weighted by Gasteiger charge is -2.20. The summed E-state index contributed by atoms with van der Waals surface area (Å²) in [6.45, 7) is 1.91. The second-order valence-electron chi connectivity index (χ2n) is 7.34. The van der Waals surface area contributed by atoms with Gasteiger partial charge in [-0.25, -0.2) is 9.38 Å². The third-order valence-corrected chi connectivity index (χ3v) is 4.65. The normalized spacial score (nSPS) is 11.1. The number of methoxy groups -OCH3 is 1. The molecule has 0 aromatic heterocycles. The number of para-hydroxylation sites is 1. The number of likely N-dealkylation sites (N-methyl/N-ethyl adjacent to an activating group) is 1. The van der Waals surface area contributed by atoms with Gasteiger partial charge in [-0.3, -0.25) is 4.79 Å². The molecule has 0 saturated carbocycles. The molecule has 0 saturated heterocycles. The fourth-order valence-corrected chi connectivity index (χ4v) is 2.83. The van der Waals surface area contributed by atoms with Crippen molar-refractivity contribution in [1.29, 1.82) is 0 Å². The van der Waals surface area contributed by atoms with Crippen LogP contribution in [0.25, 0.3) is 0 Å². The predicted molar refractivity (Wildman–Crippen MR) is 123 cm³/mol. The number of anilines is 1. The average molecular weight is 430 g/mol. The molecule has 0 unspecified atom stereocenters. The maximum absolute atomic E-state index is 13.7. The lowest BCUT2D eigenvalue weighted by atomic mass is 10.2. The predicted octanol–water partition coefficient (Wildman–Crippen LogP) is 2.48. The van der Waals surface area contributed by atoms with E-state index in [0.717, 1.165) is 18.7 Å². The summed E-state index contributed by atoms with van der Waals surface area (Å²) in [5, 5.41) is 6.29. The minimum Gasteiger partial charge on any atom is -0.497 e. The van der Waals surface area contributed by atoms with Crippen LogP contribution in [0.4, 0.5) is 10.1 Å². The number of nitrogens with zero attached hydrogens (tertiary/aromatic N) is 3. The van der Waals surface area contributed by atoms with E-state index in [-0.39, 0.29) is 24.8 Å². The van der Waals surface area contributed by atoms with E-state index in [0.29, 0.717) is 23.8 Å². The van der Waals surface area contributed by atoms with Crippen molar-refractivity contribution in [2.24, 2.45) is 4.99 Å². The molecule has 0 aliphatic carbocycles. The van der Waals surface area contributed by atoms with E-state index >= 15 is 0 Å². The summed E-state index contributed by atoms with van der Waals surface area (Å²) in [5.41, 5.74) is 1.84. The van der Waals surface area contributed by atoms with Crippen LogP contribution in [0.2, 0.25) is 0 Å². The highest BCUT2D eigenvalue weighted by molar-refractivity contribution is 5.86. The van der Waals surface area contributed by atoms with Crippen LogP contribution in [0.1, 0.15) is 12.0 Å². The zero-order valence-electron chi connectivity index (χ0n) is 18.7. The Hall–Kier alpha value is -3.29. The van der Waals surface area contributed by atoms with E-state index in [9.17, 15) is 9.18 Å². The van der Waals surface area contributed by atoms with E-state index < -0.39 is 0 Å². The average Bonchev–Trinajstić information content (AvgIpc) is 2.77. The minimum atomic E-state index is -0.376. The van der Waals surface area contributed by atoms with Crippen LogP contribution in [-0.2, 0) is 11.3 Å². The molecular formula is C23H32FN5O2. The molecule has 2 rings (SSSR count). The van der Waals surface area contributed by atoms with Gasteiger partial charge in [0.05, 0.1) is 20.2 Å². The lowest BCUT2D eigenvalue weighted by molar-refractivity contribution is -0.127. The summed E-state index contributed by atoms with van der Waals surface area (Å²) in [7, 11) is 6.95. The van der Waals surface area contributed by atoms with E-state index in [2.05, 4.69) is 39.7 Å². The van der Waals surface area contributed by atoms with Gasteiger partial charge >= 0.3 is 0 Å². The summed E-state index contributed by atoms with van der Waals surface area (Å²) in [6, 6.07) is 14.7. The molecule has 0 atom stereocenters. The Bertz CT molecular complexity index is 858. The van der Waals surface area contributed by atoms with Gasteiger partial charge in [0.1, 0.15) is 11.6 Å². The van der Waals surface area contributed by atoms with Gasteiger partial charge in [0, 0.05) is 46.0 Å². The van der Waals surface area contributed by atoms with Crippen molar-refractivity contribution in [3.8, 4) is 5.75 Å². The van der Waals surface area contributed by atoms with Gasteiger partial charge in [0.15, 0.2) is 5.96 Å². The molecule has 0 aliphatic heterocycles. The molecule has 0 bridgehead atoms. The molecule has 0 radical (unpaired) electrons. The molecule has 7 nitrogen and oxygen atoms in total. The fraction of sp³-hybridized carbons (Fsp3) is 0.391. The number of carbonyl (C=O) groups excluding carboxylic acids is 1. The van der Waals surface area contributed by atoms with E-state index in [1.54, 1.807) is 20.2 Å². The highest BCUT2D eigenvalue weighted by Crippen LogP contribution is 2.16. The van der Waals surface area contributed by atoms with Crippen LogP contribution in [0.5, 0.6) is 5.75 Å². The number of nitrogens with one attached hydrogen (secondary N) is 2. The Morgan fingerprint density at radius 3 is 2.52 bits per heavy atom. The Kier molecular flexibility index (Phi) is 9.61. The Morgan fingerprint density at radius 2 is 1.84 bits per heavy atom. The van der Waals surface area contributed by atoms with Gasteiger partial charge < -0.3 is 25.2 Å². The van der Waals surface area contributed by atoms with Crippen molar-refractivity contribution >= 4 is 17.6 Å². The first-order chi connectivity index (χ1) is 14.9. The van der Waals surface area contributed by atoms with Gasteiger partial charge in [0.2, 0.25) is 5.91 Å². The van der Waals surface area contributed by atoms with Crippen LogP contribution < -0.4 is 20.3 Å². The number of ether oxygens (including phenoxy) is 1. The van der Waals surface area contributed by atoms with Crippen LogP contribution in [0, 0.1) is 5.82 Å². The number of carbonyl (C=O) groups is 1. The molecule has 0 spiro atoms. The van der Waals surface area contributed by atoms with Crippen molar-refractivity contribution in [3.05, 3.63) is 59.9 Å². The Labute approximate surface area is 183 Å². The van der Waals surface area contributed by atoms with Gasteiger partial charge in [-0.15, -0.1) is 0 Å². The number of benzene rings is 2. The van der Waals surface area contributed by atoms with Crippen molar-refractivity contribution in [3.63, 3.8) is 0 Å². The topological polar surface area (TPSA) is 69.2 Å². The second-order valence-corrected chi connectivity index (χ2v) is 7.34. The first kappa shape index (κ1) is 24.0. The Morgan fingerprint density at radius 1 is 1.10 bits per heavy atom. The molecule has 0 fully saturated rings. The molecule has 168 valence electrons. The highest BCUT2D eigenvalue weighted by Gasteiger charge is 2.07. The lowest BCUT2D eigenvalue weighted by Crippen LogP contribution is -2.43. The smallest absolute Gasteiger partial charge is 0.241 e. The number of aliphatic imine (C=N–C) groups is 1. The van der Waals surface area contributed by atoms with Gasteiger partial charge in [-0.05, 0) is 36.2 Å². The molecule has 31 heavy (non-hydrogen) atoms. The number of guanidine groups is 1. The van der Waals surface area contributed by atoms with Gasteiger partial charge in [0.25, 0.3) is 0 Å². The van der Waals surface area contributed by atoms with Gasteiger partial charge in [-0.2, -0.15) is 0 Å². The molecule has 8 heteroatoms. The third kappa shape index (κ3) is 8.54. The first-order valence-electron chi connectivity index (χ1n) is 10.2. The molecule has 2 N–H and O–H groups in total. The molecule has 2 aromatic carbocycles. The fourth-order valence-electron chi connectivity index (χ4n) is 2.83. The highest BCUT2D eigenvalue weighted by atomic mass is 19.1. The second kappa shape index (κ2) is 12.4. The van der Waals surface area contributed by atoms with Crippen molar-refractivity contribution in [2.75, 3.05) is 52.8 Å². The summed E-state index contributed by atoms with van der Waals surface area (Å²) < 4.78 is 18.8. The van der Waals surface area contributed by atoms with Crippen LogP contribution in [0.3, 0.4) is 0 Å². The quantitative estimate of drug-likeness (QED) is 0.345. The van der Waals surface area contributed by atoms with Crippen molar-refractivity contribution < 1.29 is 13.9 Å². The van der Waals surface area contributed by atoms with Crippen molar-refractivity contribution in [2.45, 2.75) is 13.0 Å². The summed E-state index contributed by atoms with van der Waals surface area (Å²) in [6.07, 6.45) is 0.876. The maximum Gasteiger partial charge on any atom is 0.241 e. The maximum atomic E-state index is 13.7. The minimum absolute atomic E-state index is 0.0641. The number of halogens is 1. The van der Waals surface area contributed by atoms with Gasteiger partial charge in [-0.1, -0.05) is 18.2 Å². The zero-order chi connectivity index (χ0) is 22.6. The molecule has 2 aromatic rings. The third-order valence-electron chi connectivity index (χ3n) is 4.65. The van der Waals surface area contributed by atoms with E-state index in [1.165, 1.54) is 24.1 Å². The summed E-state index contributed by atoms with van der Waals surface area (Å²) in [5.74, 6) is 0.504. The zero-order valence-corrected chi connectivity index (χ0v) is 18.7. The molecule has 0 heterocycles. The monoisotopic (exact) mass is 429 g/mol. The Balaban J connectivity index is 1.94. The van der Waals surface area contributed by atoms with Crippen LogP contribution in [0.15, 0.2) is 53.5 Å². The number of hydrogen-bond acceptors (Lipinski definition) is 4.